The van der Waals surface area contributed by atoms with Crippen LogP contribution in [0.25, 0.3) is 0 Å². The largest absolute Gasteiger partial charge is 0.356 e. The van der Waals surface area contributed by atoms with E-state index in [-0.39, 0.29) is 35.2 Å². The number of carbonyl (C=O) groups is 3. The van der Waals surface area contributed by atoms with Gasteiger partial charge < -0.3 is 5.32 Å². The van der Waals surface area contributed by atoms with Crippen molar-refractivity contribution in [2.75, 3.05) is 13.1 Å². The molecule has 5 heteroatoms. The summed E-state index contributed by atoms with van der Waals surface area (Å²) in [7, 11) is 0. The van der Waals surface area contributed by atoms with E-state index in [1.54, 1.807) is 0 Å². The first-order valence-corrected chi connectivity index (χ1v) is 8.76. The maximum Gasteiger partial charge on any atom is 0.321 e. The lowest BCUT2D eigenvalue weighted by atomic mass is 10.1. The maximum absolute atomic E-state index is 12.4. The van der Waals surface area contributed by atoms with Gasteiger partial charge in [-0.3, -0.25) is 4.79 Å². The van der Waals surface area contributed by atoms with Crippen molar-refractivity contribution < 1.29 is 18.9 Å². The first-order valence-electron chi connectivity index (χ1n) is 8.76. The average Bonchev–Trinajstić information content (AvgIpc) is 2.99. The van der Waals surface area contributed by atoms with Crippen molar-refractivity contribution >= 4 is 18.2 Å². The van der Waals surface area contributed by atoms with Gasteiger partial charge in [-0.1, -0.05) is 30.3 Å². The molecule has 1 unspecified atom stereocenters. The fourth-order valence-electron chi connectivity index (χ4n) is 3.37. The number of hydrogen-bond acceptors (Lipinski definition) is 3. The molecule has 1 aromatic rings. The van der Waals surface area contributed by atoms with Gasteiger partial charge >= 0.3 is 12.3 Å². The summed E-state index contributed by atoms with van der Waals surface area (Å²) < 4.78 is -0.110. The Kier molecular flexibility index (Phi) is 6.67. The Morgan fingerprint density at radius 1 is 1.25 bits per heavy atom. The van der Waals surface area contributed by atoms with E-state index in [2.05, 4.69) is 17.4 Å². The summed E-state index contributed by atoms with van der Waals surface area (Å²) in [5, 5.41) is 2.85. The molecule has 130 valence electrons. The third kappa shape index (κ3) is 4.51. The molecule has 5 nitrogen and oxygen atoms in total. The summed E-state index contributed by atoms with van der Waals surface area (Å²) >= 11 is 0. The lowest BCUT2D eigenvalue weighted by Gasteiger charge is -2.28. The van der Waals surface area contributed by atoms with Crippen molar-refractivity contribution in [2.24, 2.45) is 0 Å². The second-order valence-electron chi connectivity index (χ2n) is 6.58. The Labute approximate surface area is 143 Å². The first kappa shape index (κ1) is 18.3. The monoisotopic (exact) mass is 331 g/mol. The summed E-state index contributed by atoms with van der Waals surface area (Å²) in [6.45, 7) is 3.11. The van der Waals surface area contributed by atoms with Crippen LogP contribution in [0.4, 0.5) is 0 Å². The molecule has 1 saturated heterocycles. The van der Waals surface area contributed by atoms with Crippen LogP contribution < -0.4 is 5.32 Å². The average molecular weight is 331 g/mol. The highest BCUT2D eigenvalue weighted by Crippen LogP contribution is 2.26. The highest BCUT2D eigenvalue weighted by Gasteiger charge is 2.45. The maximum atomic E-state index is 12.4. The highest BCUT2D eigenvalue weighted by molar-refractivity contribution is 5.83. The van der Waals surface area contributed by atoms with Gasteiger partial charge in [0.25, 0.3) is 0 Å². The molecule has 0 radical (unpaired) electrons. The molecule has 0 aromatic heterocycles. The quantitative estimate of drug-likeness (QED) is 0.451. The number of likely N-dealkylation sites (tertiary alicyclic amines) is 1. The van der Waals surface area contributed by atoms with Gasteiger partial charge in [0.15, 0.2) is 0 Å². The van der Waals surface area contributed by atoms with Crippen LogP contribution in [0, 0.1) is 0 Å². The van der Waals surface area contributed by atoms with E-state index in [0.29, 0.717) is 13.1 Å². The summed E-state index contributed by atoms with van der Waals surface area (Å²) in [5.41, 5.74) is 1.25. The molecule has 1 heterocycles. The molecule has 1 N–H and O–H groups in total. The molecule has 2 atom stereocenters. The normalized spacial score (nSPS) is 23.0. The molecule has 1 aliphatic heterocycles. The van der Waals surface area contributed by atoms with Gasteiger partial charge in [-0.25, -0.2) is 9.59 Å². The van der Waals surface area contributed by atoms with E-state index < -0.39 is 0 Å². The minimum absolute atomic E-state index is 0.0314. The molecule has 24 heavy (non-hydrogen) atoms. The van der Waals surface area contributed by atoms with Crippen LogP contribution in [0.3, 0.4) is 0 Å². The molecule has 0 spiro atoms. The molecular formula is C19H27N2O3+. The minimum Gasteiger partial charge on any atom is -0.356 e. The number of amides is 3. The van der Waals surface area contributed by atoms with Crippen LogP contribution in [-0.2, 0) is 20.8 Å². The number of nitrogens with zero attached hydrogens (tertiary/aromatic N) is 1. The summed E-state index contributed by atoms with van der Waals surface area (Å²) in [6.07, 6.45) is 4.61. The number of nitrogens with one attached hydrogen (secondary N) is 1. The van der Waals surface area contributed by atoms with Gasteiger partial charge in [-0.2, -0.15) is 4.48 Å². The third-order valence-corrected chi connectivity index (χ3v) is 4.96. The summed E-state index contributed by atoms with van der Waals surface area (Å²) in [4.78, 5) is 35.7. The topological polar surface area (TPSA) is 63.2 Å². The van der Waals surface area contributed by atoms with Crippen LogP contribution in [-0.4, -0.2) is 41.8 Å². The van der Waals surface area contributed by atoms with Crippen molar-refractivity contribution in [3.63, 3.8) is 0 Å². The van der Waals surface area contributed by atoms with Crippen molar-refractivity contribution in [2.45, 2.75) is 51.5 Å². The van der Waals surface area contributed by atoms with Gasteiger partial charge in [0, 0.05) is 25.8 Å². The Balaban J connectivity index is 1.67. The highest BCUT2D eigenvalue weighted by atomic mass is 16.2. The SMILES string of the molecule is C[C@@H]1CCC[N+]1(C=O)C(=O)CCC(=O)NCCCc1ccccc1. The van der Waals surface area contributed by atoms with E-state index in [4.69, 9.17) is 0 Å². The Hall–Kier alpha value is -2.01. The van der Waals surface area contributed by atoms with Crippen molar-refractivity contribution in [3.05, 3.63) is 35.9 Å². The lowest BCUT2D eigenvalue weighted by Crippen LogP contribution is -2.54. The van der Waals surface area contributed by atoms with Gasteiger partial charge in [0.2, 0.25) is 5.91 Å². The molecule has 2 rings (SSSR count). The third-order valence-electron chi connectivity index (χ3n) is 4.96. The summed E-state index contributed by atoms with van der Waals surface area (Å²) in [5.74, 6) is -0.248. The zero-order valence-electron chi connectivity index (χ0n) is 14.4. The van der Waals surface area contributed by atoms with E-state index in [9.17, 15) is 14.4 Å². The number of imide groups is 1. The second kappa shape index (κ2) is 8.73. The predicted octanol–water partition coefficient (Wildman–Crippen LogP) is 2.20. The van der Waals surface area contributed by atoms with E-state index in [1.807, 2.05) is 25.1 Å². The van der Waals surface area contributed by atoms with E-state index in [0.717, 1.165) is 32.1 Å². The predicted molar refractivity (Wildman–Crippen MR) is 91.9 cm³/mol. The number of carbonyl (C=O) groups excluding carboxylic acids is 3. The van der Waals surface area contributed by atoms with E-state index in [1.165, 1.54) is 5.56 Å². The number of rotatable bonds is 8. The van der Waals surface area contributed by atoms with Gasteiger partial charge in [-0.05, 0) is 25.3 Å². The second-order valence-corrected chi connectivity index (χ2v) is 6.58. The van der Waals surface area contributed by atoms with Crippen molar-refractivity contribution in [3.8, 4) is 0 Å². The van der Waals surface area contributed by atoms with Crippen LogP contribution in [0.5, 0.6) is 0 Å². The number of aryl methyl sites for hydroxylation is 1. The van der Waals surface area contributed by atoms with Crippen LogP contribution in [0.15, 0.2) is 30.3 Å². The number of benzene rings is 1. The van der Waals surface area contributed by atoms with Crippen molar-refractivity contribution in [1.82, 2.24) is 5.32 Å². The minimum atomic E-state index is -0.130. The standard InChI is InChI=1S/C19H26N2O3/c1-16-7-6-14-21(16,15-22)19(24)12-11-18(23)20-13-5-10-17-8-3-2-4-9-17/h2-4,8-9,15-16H,5-7,10-14H2,1H3/p+1/t16-,21?/m1/s1. The van der Waals surface area contributed by atoms with Gasteiger partial charge in [-0.15, -0.1) is 0 Å². The molecule has 0 saturated carbocycles. The van der Waals surface area contributed by atoms with Crippen molar-refractivity contribution in [1.29, 1.82) is 0 Å². The fraction of sp³-hybridized carbons (Fsp3) is 0.526. The Morgan fingerprint density at radius 3 is 2.62 bits per heavy atom. The molecule has 1 aliphatic rings. The zero-order chi connectivity index (χ0) is 17.4. The molecule has 3 amide bonds. The molecular weight excluding hydrogens is 304 g/mol. The fourth-order valence-corrected chi connectivity index (χ4v) is 3.37. The van der Waals surface area contributed by atoms with Gasteiger partial charge in [0.05, 0.1) is 13.0 Å². The Morgan fingerprint density at radius 2 is 2.00 bits per heavy atom. The molecule has 1 fully saturated rings. The van der Waals surface area contributed by atoms with Crippen LogP contribution in [0.2, 0.25) is 0 Å². The van der Waals surface area contributed by atoms with Crippen LogP contribution in [0.1, 0.15) is 44.6 Å². The number of quaternary nitrogens is 1. The smallest absolute Gasteiger partial charge is 0.321 e. The lowest BCUT2D eigenvalue weighted by molar-refractivity contribution is -0.780. The molecule has 0 bridgehead atoms. The molecule has 1 aromatic carbocycles. The molecule has 0 aliphatic carbocycles. The summed E-state index contributed by atoms with van der Waals surface area (Å²) in [6, 6.07) is 10.2. The van der Waals surface area contributed by atoms with Gasteiger partial charge in [0.1, 0.15) is 6.04 Å². The van der Waals surface area contributed by atoms with E-state index >= 15 is 0 Å². The number of hydrogen-bond donors (Lipinski definition) is 1. The Bertz CT molecular complexity index is 573. The zero-order valence-corrected chi connectivity index (χ0v) is 14.4. The van der Waals surface area contributed by atoms with Crippen LogP contribution >= 0.6 is 0 Å². The first-order chi connectivity index (χ1) is 11.6.